The fourth-order valence-electron chi connectivity index (χ4n) is 1.55. The van der Waals surface area contributed by atoms with Gasteiger partial charge in [0.1, 0.15) is 5.15 Å². The van der Waals surface area contributed by atoms with Crippen LogP contribution in [0.1, 0.15) is 16.1 Å². The topological polar surface area (TPSA) is 42.0 Å². The zero-order chi connectivity index (χ0) is 14.0. The number of rotatable bonds is 2. The minimum Gasteiger partial charge on any atom is -0.321 e. The van der Waals surface area contributed by atoms with E-state index < -0.39 is 0 Å². The summed E-state index contributed by atoms with van der Waals surface area (Å²) in [5, 5.41) is 3.60. The van der Waals surface area contributed by atoms with Crippen molar-refractivity contribution in [3.63, 3.8) is 0 Å². The summed E-state index contributed by atoms with van der Waals surface area (Å²) in [6.45, 7) is 1.78. The molecule has 0 unspecified atom stereocenters. The molecule has 3 nitrogen and oxygen atoms in total. The summed E-state index contributed by atoms with van der Waals surface area (Å²) in [4.78, 5) is 16.1. The molecule has 0 saturated heterocycles. The Labute approximate surface area is 129 Å². The number of halogens is 3. The van der Waals surface area contributed by atoms with Gasteiger partial charge in [-0.3, -0.25) is 4.79 Å². The Morgan fingerprint density at radius 3 is 2.68 bits per heavy atom. The van der Waals surface area contributed by atoms with Gasteiger partial charge in [0.05, 0.1) is 5.69 Å². The maximum Gasteiger partial charge on any atom is 0.255 e. The number of hydrogen-bond acceptors (Lipinski definition) is 2. The Balaban J connectivity index is 2.28. The highest BCUT2D eigenvalue weighted by Crippen LogP contribution is 2.26. The molecule has 0 aliphatic rings. The lowest BCUT2D eigenvalue weighted by molar-refractivity contribution is 0.102. The summed E-state index contributed by atoms with van der Waals surface area (Å²) in [6.07, 6.45) is 0. The van der Waals surface area contributed by atoms with Crippen LogP contribution in [-0.4, -0.2) is 10.9 Å². The SMILES string of the molecule is Cc1cc(C(=O)Nc2cc(Cl)ccc2Br)cc(Cl)n1. The van der Waals surface area contributed by atoms with Crippen molar-refractivity contribution in [2.45, 2.75) is 6.92 Å². The van der Waals surface area contributed by atoms with E-state index in [0.717, 1.165) is 4.47 Å². The number of amides is 1. The third kappa shape index (κ3) is 3.69. The minimum atomic E-state index is -0.268. The Hall–Kier alpha value is -1.10. The number of pyridine rings is 1. The maximum absolute atomic E-state index is 12.1. The lowest BCUT2D eigenvalue weighted by atomic mass is 10.2. The lowest BCUT2D eigenvalue weighted by Gasteiger charge is -2.08. The van der Waals surface area contributed by atoms with E-state index >= 15 is 0 Å². The molecule has 2 rings (SSSR count). The van der Waals surface area contributed by atoms with Gasteiger partial charge in [-0.05, 0) is 53.2 Å². The Kier molecular flexibility index (Phi) is 4.45. The van der Waals surface area contributed by atoms with Crippen LogP contribution in [0, 0.1) is 6.92 Å². The van der Waals surface area contributed by atoms with Gasteiger partial charge < -0.3 is 5.32 Å². The highest BCUT2D eigenvalue weighted by molar-refractivity contribution is 9.10. The molecule has 0 spiro atoms. The lowest BCUT2D eigenvalue weighted by Crippen LogP contribution is -2.12. The first-order chi connectivity index (χ1) is 8.95. The number of nitrogens with one attached hydrogen (secondary N) is 1. The van der Waals surface area contributed by atoms with E-state index in [1.807, 2.05) is 0 Å². The molecule has 0 saturated carbocycles. The van der Waals surface area contributed by atoms with Crippen LogP contribution in [0.3, 0.4) is 0 Å². The molecule has 6 heteroatoms. The van der Waals surface area contributed by atoms with Crippen LogP contribution in [-0.2, 0) is 0 Å². The summed E-state index contributed by atoms with van der Waals surface area (Å²) in [6, 6.07) is 8.35. The molecule has 1 aromatic carbocycles. The van der Waals surface area contributed by atoms with Crippen LogP contribution in [0.4, 0.5) is 5.69 Å². The van der Waals surface area contributed by atoms with Gasteiger partial charge in [-0.1, -0.05) is 23.2 Å². The monoisotopic (exact) mass is 358 g/mol. The van der Waals surface area contributed by atoms with Gasteiger partial charge in [-0.25, -0.2) is 4.98 Å². The number of aromatic nitrogens is 1. The van der Waals surface area contributed by atoms with E-state index in [1.165, 1.54) is 6.07 Å². The third-order valence-corrected chi connectivity index (χ3v) is 3.48. The number of carbonyl (C=O) groups is 1. The van der Waals surface area contributed by atoms with Crippen molar-refractivity contribution >= 4 is 50.7 Å². The number of carbonyl (C=O) groups excluding carboxylic acids is 1. The second-order valence-corrected chi connectivity index (χ2v) is 5.58. The molecule has 0 atom stereocenters. The minimum absolute atomic E-state index is 0.268. The van der Waals surface area contributed by atoms with Crippen molar-refractivity contribution in [1.29, 1.82) is 0 Å². The van der Waals surface area contributed by atoms with E-state index in [0.29, 0.717) is 22.0 Å². The standard InChI is InChI=1S/C13H9BrCl2N2O/c1-7-4-8(5-12(16)17-7)13(19)18-11-6-9(15)2-3-10(11)14/h2-6H,1H3,(H,18,19). The molecule has 1 aromatic heterocycles. The molecular weight excluding hydrogens is 351 g/mol. The van der Waals surface area contributed by atoms with E-state index in [4.69, 9.17) is 23.2 Å². The summed E-state index contributed by atoms with van der Waals surface area (Å²) in [5.41, 5.74) is 1.73. The summed E-state index contributed by atoms with van der Waals surface area (Å²) in [5.74, 6) is -0.268. The third-order valence-electron chi connectivity index (χ3n) is 2.36. The average Bonchev–Trinajstić information content (AvgIpc) is 2.32. The molecule has 0 aliphatic heterocycles. The summed E-state index contributed by atoms with van der Waals surface area (Å²) < 4.78 is 0.752. The molecule has 19 heavy (non-hydrogen) atoms. The van der Waals surface area contributed by atoms with Crippen molar-refractivity contribution in [2.75, 3.05) is 5.32 Å². The first kappa shape index (κ1) is 14.3. The molecule has 1 N–H and O–H groups in total. The number of anilines is 1. The van der Waals surface area contributed by atoms with Crippen LogP contribution in [0.5, 0.6) is 0 Å². The highest BCUT2D eigenvalue weighted by atomic mass is 79.9. The van der Waals surface area contributed by atoms with E-state index in [9.17, 15) is 4.79 Å². The van der Waals surface area contributed by atoms with Crippen molar-refractivity contribution in [3.8, 4) is 0 Å². The second-order valence-electron chi connectivity index (χ2n) is 3.90. The molecular formula is C13H9BrCl2N2O. The first-order valence-corrected chi connectivity index (χ1v) is 6.91. The van der Waals surface area contributed by atoms with Crippen LogP contribution in [0.15, 0.2) is 34.8 Å². The van der Waals surface area contributed by atoms with Crippen molar-refractivity contribution in [2.24, 2.45) is 0 Å². The van der Waals surface area contributed by atoms with Gasteiger partial charge in [0.15, 0.2) is 0 Å². The Morgan fingerprint density at radius 2 is 2.00 bits per heavy atom. The fraction of sp³-hybridized carbons (Fsp3) is 0.0769. The van der Waals surface area contributed by atoms with Crippen molar-refractivity contribution < 1.29 is 4.79 Å². The van der Waals surface area contributed by atoms with Gasteiger partial charge >= 0.3 is 0 Å². The molecule has 1 heterocycles. The largest absolute Gasteiger partial charge is 0.321 e. The number of nitrogens with zero attached hydrogens (tertiary/aromatic N) is 1. The van der Waals surface area contributed by atoms with Crippen LogP contribution in [0.2, 0.25) is 10.2 Å². The quantitative estimate of drug-likeness (QED) is 0.789. The molecule has 0 radical (unpaired) electrons. The average molecular weight is 360 g/mol. The summed E-state index contributed by atoms with van der Waals surface area (Å²) >= 11 is 15.1. The normalized spacial score (nSPS) is 10.3. The van der Waals surface area contributed by atoms with Crippen LogP contribution >= 0.6 is 39.1 Å². The van der Waals surface area contributed by atoms with E-state index in [-0.39, 0.29) is 11.1 Å². The van der Waals surface area contributed by atoms with Gasteiger partial charge in [-0.15, -0.1) is 0 Å². The van der Waals surface area contributed by atoms with Gasteiger partial charge in [0.25, 0.3) is 5.91 Å². The molecule has 2 aromatic rings. The summed E-state index contributed by atoms with van der Waals surface area (Å²) in [7, 11) is 0. The Morgan fingerprint density at radius 1 is 1.26 bits per heavy atom. The van der Waals surface area contributed by atoms with Crippen molar-refractivity contribution in [3.05, 3.63) is 56.2 Å². The zero-order valence-electron chi connectivity index (χ0n) is 9.88. The second kappa shape index (κ2) is 5.90. The van der Waals surface area contributed by atoms with Crippen LogP contribution < -0.4 is 5.32 Å². The van der Waals surface area contributed by atoms with Gasteiger partial charge in [0.2, 0.25) is 0 Å². The predicted molar refractivity (Wildman–Crippen MR) is 81.1 cm³/mol. The van der Waals surface area contributed by atoms with Crippen LogP contribution in [0.25, 0.3) is 0 Å². The zero-order valence-corrected chi connectivity index (χ0v) is 13.0. The van der Waals surface area contributed by atoms with Gasteiger partial charge in [0, 0.05) is 20.8 Å². The predicted octanol–water partition coefficient (Wildman–Crippen LogP) is 4.71. The molecule has 98 valence electrons. The Bertz CT molecular complexity index is 626. The molecule has 0 fully saturated rings. The van der Waals surface area contributed by atoms with E-state index in [1.54, 1.807) is 31.2 Å². The smallest absolute Gasteiger partial charge is 0.255 e. The first-order valence-electron chi connectivity index (χ1n) is 5.36. The molecule has 0 bridgehead atoms. The number of benzene rings is 1. The number of aryl methyl sites for hydroxylation is 1. The molecule has 1 amide bonds. The highest BCUT2D eigenvalue weighted by Gasteiger charge is 2.10. The van der Waals surface area contributed by atoms with Crippen molar-refractivity contribution in [1.82, 2.24) is 4.98 Å². The van der Waals surface area contributed by atoms with E-state index in [2.05, 4.69) is 26.2 Å². The number of hydrogen-bond donors (Lipinski definition) is 1. The maximum atomic E-state index is 12.1. The van der Waals surface area contributed by atoms with Gasteiger partial charge in [-0.2, -0.15) is 0 Å². The molecule has 0 aliphatic carbocycles. The fourth-order valence-corrected chi connectivity index (χ4v) is 2.32.